The van der Waals surface area contributed by atoms with Crippen LogP contribution < -0.4 is 10.5 Å². The van der Waals surface area contributed by atoms with Crippen LogP contribution in [0.3, 0.4) is 0 Å². The van der Waals surface area contributed by atoms with Crippen molar-refractivity contribution >= 4 is 11.8 Å². The summed E-state index contributed by atoms with van der Waals surface area (Å²) in [6.45, 7) is 4.81. The van der Waals surface area contributed by atoms with Crippen LogP contribution in [0.5, 0.6) is 5.75 Å². The van der Waals surface area contributed by atoms with Gasteiger partial charge in [0.2, 0.25) is 11.8 Å². The predicted molar refractivity (Wildman–Crippen MR) is 92.7 cm³/mol. The number of hydrogen-bond acceptors (Lipinski definition) is 4. The Morgan fingerprint density at radius 3 is 2.58 bits per heavy atom. The molecule has 0 spiro atoms. The van der Waals surface area contributed by atoms with Crippen LogP contribution in [0.2, 0.25) is 0 Å². The highest BCUT2D eigenvalue weighted by atomic mass is 16.5. The van der Waals surface area contributed by atoms with Crippen molar-refractivity contribution in [2.45, 2.75) is 19.8 Å². The number of benzene rings is 1. The number of aryl methyl sites for hydroxylation is 1. The summed E-state index contributed by atoms with van der Waals surface area (Å²) in [5.74, 6) is 0.629. The first-order valence-corrected chi connectivity index (χ1v) is 8.41. The maximum atomic E-state index is 12.3. The predicted octanol–water partition coefficient (Wildman–Crippen LogP) is 1.03. The number of nitrogens with two attached hydrogens (primary N) is 1. The Hall–Kier alpha value is -2.08. The van der Waals surface area contributed by atoms with Gasteiger partial charge in [0, 0.05) is 25.6 Å². The van der Waals surface area contributed by atoms with E-state index in [1.807, 2.05) is 48.0 Å². The molecular weight excluding hydrogens is 306 g/mol. The fourth-order valence-corrected chi connectivity index (χ4v) is 2.85. The van der Waals surface area contributed by atoms with Crippen LogP contribution in [-0.2, 0) is 9.59 Å². The number of para-hydroxylation sites is 1. The van der Waals surface area contributed by atoms with Crippen molar-refractivity contribution in [3.05, 3.63) is 29.8 Å². The van der Waals surface area contributed by atoms with Crippen molar-refractivity contribution in [2.75, 3.05) is 39.8 Å². The summed E-state index contributed by atoms with van der Waals surface area (Å²) in [4.78, 5) is 27.2. The number of likely N-dealkylation sites (N-methyl/N-ethyl adjacent to an activating group) is 1. The van der Waals surface area contributed by atoms with Gasteiger partial charge in [-0.1, -0.05) is 18.2 Å². The van der Waals surface area contributed by atoms with E-state index in [1.165, 1.54) is 0 Å². The molecule has 1 saturated heterocycles. The van der Waals surface area contributed by atoms with E-state index in [9.17, 15) is 9.59 Å². The number of rotatable bonds is 7. The zero-order chi connectivity index (χ0) is 17.5. The molecule has 2 rings (SSSR count). The van der Waals surface area contributed by atoms with Gasteiger partial charge in [-0.2, -0.15) is 0 Å². The van der Waals surface area contributed by atoms with Crippen molar-refractivity contribution in [3.8, 4) is 5.75 Å². The number of carbonyl (C=O) groups is 2. The summed E-state index contributed by atoms with van der Waals surface area (Å²) in [5.41, 5.74) is 6.42. The standard InChI is InChI=1S/C18H27N3O3/c1-14-5-3-4-6-16(14)24-12-11-20(2)13-17(22)21-9-7-15(8-10-21)18(19)23/h3-6,15H,7-13H2,1-2H3,(H2,19,23). The van der Waals surface area contributed by atoms with Gasteiger partial charge in [0.25, 0.3) is 0 Å². The minimum Gasteiger partial charge on any atom is -0.492 e. The van der Waals surface area contributed by atoms with Crippen LogP contribution in [-0.4, -0.2) is 61.4 Å². The van der Waals surface area contributed by atoms with Crippen molar-refractivity contribution < 1.29 is 14.3 Å². The SMILES string of the molecule is Cc1ccccc1OCCN(C)CC(=O)N1CCC(C(N)=O)CC1. The maximum absolute atomic E-state index is 12.3. The normalized spacial score (nSPS) is 15.5. The summed E-state index contributed by atoms with van der Waals surface area (Å²) >= 11 is 0. The molecule has 0 aromatic heterocycles. The van der Waals surface area contributed by atoms with Gasteiger partial charge < -0.3 is 15.4 Å². The van der Waals surface area contributed by atoms with Crippen LogP contribution in [0.15, 0.2) is 24.3 Å². The van der Waals surface area contributed by atoms with Crippen molar-refractivity contribution in [2.24, 2.45) is 11.7 Å². The first-order chi connectivity index (χ1) is 11.5. The average molecular weight is 333 g/mol. The lowest BCUT2D eigenvalue weighted by molar-refractivity contribution is -0.135. The van der Waals surface area contributed by atoms with E-state index in [0.717, 1.165) is 11.3 Å². The van der Waals surface area contributed by atoms with Crippen LogP contribution >= 0.6 is 0 Å². The van der Waals surface area contributed by atoms with Gasteiger partial charge in [-0.15, -0.1) is 0 Å². The smallest absolute Gasteiger partial charge is 0.236 e. The fourth-order valence-electron chi connectivity index (χ4n) is 2.85. The number of carbonyl (C=O) groups excluding carboxylic acids is 2. The van der Waals surface area contributed by atoms with Gasteiger partial charge >= 0.3 is 0 Å². The molecule has 0 aliphatic carbocycles. The molecule has 0 unspecified atom stereocenters. The monoisotopic (exact) mass is 333 g/mol. The van der Waals surface area contributed by atoms with Gasteiger partial charge in [-0.3, -0.25) is 14.5 Å². The zero-order valence-electron chi connectivity index (χ0n) is 14.5. The molecule has 0 atom stereocenters. The third-order valence-corrected chi connectivity index (χ3v) is 4.48. The number of hydrogen-bond donors (Lipinski definition) is 1. The third kappa shape index (κ3) is 5.23. The summed E-state index contributed by atoms with van der Waals surface area (Å²) in [7, 11) is 1.91. The molecule has 1 heterocycles. The van der Waals surface area contributed by atoms with Gasteiger partial charge in [0.05, 0.1) is 6.54 Å². The number of primary amides is 1. The molecular formula is C18H27N3O3. The summed E-state index contributed by atoms with van der Waals surface area (Å²) in [6.07, 6.45) is 1.34. The molecule has 6 heteroatoms. The molecule has 0 saturated carbocycles. The van der Waals surface area contributed by atoms with E-state index >= 15 is 0 Å². The second-order valence-electron chi connectivity index (χ2n) is 6.41. The van der Waals surface area contributed by atoms with Crippen molar-refractivity contribution in [3.63, 3.8) is 0 Å². The molecule has 1 aliphatic rings. The van der Waals surface area contributed by atoms with Gasteiger partial charge in [-0.25, -0.2) is 0 Å². The summed E-state index contributed by atoms with van der Waals surface area (Å²) < 4.78 is 5.76. The van der Waals surface area contributed by atoms with Crippen LogP contribution in [0.25, 0.3) is 0 Å². The molecule has 1 aromatic rings. The third-order valence-electron chi connectivity index (χ3n) is 4.48. The summed E-state index contributed by atoms with van der Waals surface area (Å²) in [5, 5.41) is 0. The lowest BCUT2D eigenvalue weighted by Crippen LogP contribution is -2.45. The Morgan fingerprint density at radius 2 is 1.96 bits per heavy atom. The van der Waals surface area contributed by atoms with E-state index in [-0.39, 0.29) is 17.7 Å². The second-order valence-corrected chi connectivity index (χ2v) is 6.41. The molecule has 2 amide bonds. The van der Waals surface area contributed by atoms with Crippen molar-refractivity contribution in [1.29, 1.82) is 0 Å². The molecule has 2 N–H and O–H groups in total. The molecule has 0 bridgehead atoms. The second kappa shape index (κ2) is 8.68. The maximum Gasteiger partial charge on any atom is 0.236 e. The Morgan fingerprint density at radius 1 is 1.29 bits per heavy atom. The Bertz CT molecular complexity index is 568. The van der Waals surface area contributed by atoms with Crippen molar-refractivity contribution in [1.82, 2.24) is 9.80 Å². The quantitative estimate of drug-likeness (QED) is 0.809. The van der Waals surface area contributed by atoms with Crippen LogP contribution in [0, 0.1) is 12.8 Å². The number of ether oxygens (including phenoxy) is 1. The van der Waals surface area contributed by atoms with E-state index in [1.54, 1.807) is 0 Å². The Kier molecular flexibility index (Phi) is 6.61. The molecule has 1 aromatic carbocycles. The number of nitrogens with zero attached hydrogens (tertiary/aromatic N) is 2. The first-order valence-electron chi connectivity index (χ1n) is 8.41. The Labute approximate surface area is 143 Å². The summed E-state index contributed by atoms with van der Waals surface area (Å²) in [6, 6.07) is 7.89. The van der Waals surface area contributed by atoms with Gasteiger partial charge in [-0.05, 0) is 38.4 Å². The van der Waals surface area contributed by atoms with Crippen LogP contribution in [0.1, 0.15) is 18.4 Å². The zero-order valence-corrected chi connectivity index (χ0v) is 14.5. The first kappa shape index (κ1) is 18.3. The van der Waals surface area contributed by atoms with Crippen LogP contribution in [0.4, 0.5) is 0 Å². The lowest BCUT2D eigenvalue weighted by Gasteiger charge is -2.31. The molecule has 1 fully saturated rings. The van der Waals surface area contributed by atoms with E-state index in [4.69, 9.17) is 10.5 Å². The van der Waals surface area contributed by atoms with E-state index in [0.29, 0.717) is 45.6 Å². The number of likely N-dealkylation sites (tertiary alicyclic amines) is 1. The molecule has 24 heavy (non-hydrogen) atoms. The van der Waals surface area contributed by atoms with E-state index < -0.39 is 0 Å². The molecule has 1 aliphatic heterocycles. The van der Waals surface area contributed by atoms with E-state index in [2.05, 4.69) is 0 Å². The molecule has 6 nitrogen and oxygen atoms in total. The minimum atomic E-state index is -0.257. The number of piperidine rings is 1. The average Bonchev–Trinajstić information content (AvgIpc) is 2.56. The highest BCUT2D eigenvalue weighted by Crippen LogP contribution is 2.17. The highest BCUT2D eigenvalue weighted by Gasteiger charge is 2.26. The Balaban J connectivity index is 1.68. The minimum absolute atomic E-state index is 0.0886. The largest absolute Gasteiger partial charge is 0.492 e. The molecule has 132 valence electrons. The van der Waals surface area contributed by atoms with Gasteiger partial charge in [0.1, 0.15) is 12.4 Å². The molecule has 0 radical (unpaired) electrons. The lowest BCUT2D eigenvalue weighted by atomic mass is 9.96. The number of amides is 2. The highest BCUT2D eigenvalue weighted by molar-refractivity contribution is 5.80. The van der Waals surface area contributed by atoms with Gasteiger partial charge in [0.15, 0.2) is 0 Å². The fraction of sp³-hybridized carbons (Fsp3) is 0.556. The topological polar surface area (TPSA) is 75.9 Å².